The molecular formula is C23H21F3LiNO6S. The fourth-order valence-electron chi connectivity index (χ4n) is 3.16. The number of aromatic carboxylic acids is 1. The number of ether oxygens (including phenoxy) is 2. The number of hydrogen-bond acceptors (Lipinski definition) is 5. The molecule has 0 aliphatic rings. The number of rotatable bonds is 9. The van der Waals surface area contributed by atoms with Crippen molar-refractivity contribution in [2.75, 3.05) is 14.2 Å². The number of hydrogen-bond donors (Lipinski definition) is 1. The van der Waals surface area contributed by atoms with Crippen molar-refractivity contribution in [1.82, 2.24) is 4.31 Å². The van der Waals surface area contributed by atoms with E-state index in [0.717, 1.165) is 4.31 Å². The van der Waals surface area contributed by atoms with Crippen LogP contribution in [-0.4, -0.2) is 38.0 Å². The van der Waals surface area contributed by atoms with Crippen LogP contribution in [0.4, 0.5) is 13.2 Å². The number of benzene rings is 3. The Labute approximate surface area is 213 Å². The summed E-state index contributed by atoms with van der Waals surface area (Å²) in [5.74, 6) is -7.08. The van der Waals surface area contributed by atoms with Crippen LogP contribution in [0.1, 0.15) is 22.9 Å². The van der Waals surface area contributed by atoms with E-state index in [-0.39, 0.29) is 39.4 Å². The predicted octanol–water partition coefficient (Wildman–Crippen LogP) is 1.33. The number of carbonyl (C=O) groups is 1. The molecule has 0 unspecified atom stereocenters. The molecule has 0 aliphatic carbocycles. The third-order valence-electron chi connectivity index (χ3n) is 5.00. The van der Waals surface area contributed by atoms with Crippen LogP contribution in [0, 0.1) is 17.5 Å². The molecule has 0 bridgehead atoms. The standard InChI is InChI=1S/C23H20F3NO6S.Li.H/c1-32-16-7-3-14(4-8-16)12-27(13-15-5-9-17(33-2)10-6-15)34(30,31)19-11-18(23(28)29)20(24)22(26)21(19)25;;/h3-11H,12-13H2,1-2H3,(H,28,29);;/q;+1;-1. The molecule has 1 N–H and O–H groups in total. The van der Waals surface area contributed by atoms with Crippen LogP contribution in [0.3, 0.4) is 0 Å². The van der Waals surface area contributed by atoms with E-state index in [0.29, 0.717) is 22.6 Å². The molecule has 0 saturated carbocycles. The quantitative estimate of drug-likeness (QED) is 0.350. The summed E-state index contributed by atoms with van der Waals surface area (Å²) in [5.41, 5.74) is -0.329. The second-order valence-electron chi connectivity index (χ2n) is 7.14. The van der Waals surface area contributed by atoms with Crippen LogP contribution < -0.4 is 28.3 Å². The summed E-state index contributed by atoms with van der Waals surface area (Å²) in [5, 5.41) is 9.12. The number of sulfonamides is 1. The van der Waals surface area contributed by atoms with E-state index in [9.17, 15) is 26.4 Å². The fraction of sp³-hybridized carbons (Fsp3) is 0.174. The Morgan fingerprint density at radius 2 is 1.29 bits per heavy atom. The summed E-state index contributed by atoms with van der Waals surface area (Å²) in [6.45, 7) is -0.557. The molecule has 12 heteroatoms. The van der Waals surface area contributed by atoms with Gasteiger partial charge in [-0.25, -0.2) is 26.4 Å². The van der Waals surface area contributed by atoms with Gasteiger partial charge in [-0.2, -0.15) is 4.31 Å². The summed E-state index contributed by atoms with van der Waals surface area (Å²) < 4.78 is 80.4. The van der Waals surface area contributed by atoms with Crippen LogP contribution in [0.5, 0.6) is 11.5 Å². The zero-order valence-corrected chi connectivity index (χ0v) is 19.9. The van der Waals surface area contributed by atoms with Gasteiger partial charge in [0.15, 0.2) is 17.5 Å². The Morgan fingerprint density at radius 3 is 1.66 bits per heavy atom. The van der Waals surface area contributed by atoms with Gasteiger partial charge < -0.3 is 16.0 Å². The van der Waals surface area contributed by atoms with E-state index in [1.54, 1.807) is 48.5 Å². The number of nitrogens with zero attached hydrogens (tertiary/aromatic N) is 1. The van der Waals surface area contributed by atoms with Gasteiger partial charge in [0.05, 0.1) is 19.8 Å². The van der Waals surface area contributed by atoms with Crippen LogP contribution in [0.15, 0.2) is 59.5 Å². The maximum atomic E-state index is 14.6. The van der Waals surface area contributed by atoms with Crippen molar-refractivity contribution < 1.29 is 61.3 Å². The normalized spacial score (nSPS) is 11.1. The maximum Gasteiger partial charge on any atom is 1.00 e. The first-order valence-corrected chi connectivity index (χ1v) is 11.2. The van der Waals surface area contributed by atoms with Crippen molar-refractivity contribution in [2.45, 2.75) is 18.0 Å². The molecule has 0 saturated heterocycles. The van der Waals surface area contributed by atoms with Gasteiger partial charge >= 0.3 is 24.8 Å². The van der Waals surface area contributed by atoms with Crippen molar-refractivity contribution in [2.24, 2.45) is 0 Å². The summed E-state index contributed by atoms with van der Waals surface area (Å²) >= 11 is 0. The van der Waals surface area contributed by atoms with Gasteiger partial charge in [0, 0.05) is 13.1 Å². The van der Waals surface area contributed by atoms with Gasteiger partial charge in [0.25, 0.3) is 0 Å². The van der Waals surface area contributed by atoms with E-state index in [4.69, 9.17) is 14.6 Å². The molecule has 0 aromatic heterocycles. The van der Waals surface area contributed by atoms with Gasteiger partial charge in [-0.05, 0) is 41.5 Å². The van der Waals surface area contributed by atoms with Gasteiger partial charge in [0.2, 0.25) is 10.0 Å². The first-order chi connectivity index (χ1) is 16.1. The minimum atomic E-state index is -4.83. The predicted molar refractivity (Wildman–Crippen MR) is 117 cm³/mol. The zero-order chi connectivity index (χ0) is 25.0. The topological polar surface area (TPSA) is 93.1 Å². The molecular weight excluding hydrogens is 482 g/mol. The van der Waals surface area contributed by atoms with Crippen molar-refractivity contribution in [3.63, 3.8) is 0 Å². The molecule has 0 heterocycles. The Balaban J connectivity index is 0.00000324. The summed E-state index contributed by atoms with van der Waals surface area (Å²) in [7, 11) is -1.91. The van der Waals surface area contributed by atoms with Crippen LogP contribution in [-0.2, 0) is 23.1 Å². The SMILES string of the molecule is COc1ccc(CN(Cc2ccc(OC)cc2)S(=O)(=O)c2cc(C(=O)O)c(F)c(F)c2F)cc1.[H-].[Li+]. The molecule has 0 atom stereocenters. The second-order valence-corrected chi connectivity index (χ2v) is 9.04. The summed E-state index contributed by atoms with van der Waals surface area (Å²) in [4.78, 5) is 9.99. The fourth-order valence-corrected chi connectivity index (χ4v) is 4.66. The largest absolute Gasteiger partial charge is 1.00 e. The molecule has 3 rings (SSSR count). The minimum Gasteiger partial charge on any atom is -1.00 e. The Hall–Kier alpha value is -2.97. The summed E-state index contributed by atoms with van der Waals surface area (Å²) in [6, 6.07) is 13.0. The molecule has 3 aromatic carbocycles. The second kappa shape index (κ2) is 11.6. The first-order valence-electron chi connectivity index (χ1n) is 9.75. The van der Waals surface area contributed by atoms with Crippen molar-refractivity contribution in [3.05, 3.63) is 88.7 Å². The Kier molecular flexibility index (Phi) is 9.40. The van der Waals surface area contributed by atoms with E-state index in [1.807, 2.05) is 0 Å². The molecule has 0 aliphatic heterocycles. The van der Waals surface area contributed by atoms with Crippen molar-refractivity contribution in [1.29, 1.82) is 0 Å². The van der Waals surface area contributed by atoms with E-state index < -0.39 is 43.9 Å². The smallest absolute Gasteiger partial charge is 1.00 e. The van der Waals surface area contributed by atoms with Crippen LogP contribution in [0.2, 0.25) is 0 Å². The van der Waals surface area contributed by atoms with E-state index >= 15 is 0 Å². The number of carboxylic acids is 1. The van der Waals surface area contributed by atoms with Crippen molar-refractivity contribution in [3.8, 4) is 11.5 Å². The van der Waals surface area contributed by atoms with Gasteiger partial charge in [-0.3, -0.25) is 0 Å². The Bertz CT molecular complexity index is 1260. The van der Waals surface area contributed by atoms with Gasteiger partial charge in [-0.15, -0.1) is 0 Å². The monoisotopic (exact) mass is 503 g/mol. The molecule has 0 spiro atoms. The maximum absolute atomic E-state index is 14.6. The van der Waals surface area contributed by atoms with Gasteiger partial charge in [-0.1, -0.05) is 24.3 Å². The average molecular weight is 503 g/mol. The van der Waals surface area contributed by atoms with Crippen molar-refractivity contribution >= 4 is 16.0 Å². The molecule has 182 valence electrons. The molecule has 3 aromatic rings. The average Bonchev–Trinajstić information content (AvgIpc) is 2.82. The molecule has 7 nitrogen and oxygen atoms in total. The van der Waals surface area contributed by atoms with E-state index in [1.165, 1.54) is 14.2 Å². The minimum absolute atomic E-state index is 0. The molecule has 0 amide bonds. The molecule has 35 heavy (non-hydrogen) atoms. The van der Waals surface area contributed by atoms with Crippen LogP contribution >= 0.6 is 0 Å². The first kappa shape index (κ1) is 28.3. The Morgan fingerprint density at radius 1 is 0.857 bits per heavy atom. The summed E-state index contributed by atoms with van der Waals surface area (Å²) in [6.07, 6.45) is 0. The molecule has 0 fully saturated rings. The van der Waals surface area contributed by atoms with E-state index in [2.05, 4.69) is 0 Å². The number of methoxy groups -OCH3 is 2. The molecule has 0 radical (unpaired) electrons. The third kappa shape index (κ3) is 6.18. The third-order valence-corrected chi connectivity index (χ3v) is 6.79. The van der Waals surface area contributed by atoms with Crippen LogP contribution in [0.25, 0.3) is 0 Å². The number of halogens is 3. The zero-order valence-electron chi connectivity index (χ0n) is 20.1. The van der Waals surface area contributed by atoms with Gasteiger partial charge in [0.1, 0.15) is 16.4 Å². The number of carboxylic acid groups (broad SMARTS) is 1.